The van der Waals surface area contributed by atoms with E-state index in [0.717, 1.165) is 24.5 Å². The fourth-order valence-electron chi connectivity index (χ4n) is 3.33. The number of amides is 3. The molecule has 0 saturated carbocycles. The molecule has 25 heavy (non-hydrogen) atoms. The number of hydrogen-bond acceptors (Lipinski definition) is 6. The summed E-state index contributed by atoms with van der Waals surface area (Å²) >= 11 is 0. The van der Waals surface area contributed by atoms with Gasteiger partial charge in [0.25, 0.3) is 5.91 Å². The third-order valence-corrected chi connectivity index (χ3v) is 4.56. The Hall–Kier alpha value is -1.67. The average Bonchev–Trinajstić information content (AvgIpc) is 2.78. The minimum absolute atomic E-state index is 0.117. The summed E-state index contributed by atoms with van der Waals surface area (Å²) in [4.78, 5) is 40.0. The van der Waals surface area contributed by atoms with Crippen LogP contribution in [0.5, 0.6) is 0 Å². The average molecular weight is 355 g/mol. The topological polar surface area (TPSA) is 88.2 Å². The molecule has 0 radical (unpaired) electrons. The van der Waals surface area contributed by atoms with E-state index in [1.54, 1.807) is 0 Å². The van der Waals surface area contributed by atoms with Crippen molar-refractivity contribution in [1.82, 2.24) is 15.1 Å². The number of likely N-dealkylation sites (tertiary alicyclic amines) is 1. The van der Waals surface area contributed by atoms with Crippen molar-refractivity contribution in [2.45, 2.75) is 39.2 Å². The number of hydrogen-bond donors (Lipinski definition) is 1. The summed E-state index contributed by atoms with van der Waals surface area (Å²) in [7, 11) is 0. The van der Waals surface area contributed by atoms with Gasteiger partial charge in [-0.3, -0.25) is 14.5 Å². The van der Waals surface area contributed by atoms with E-state index < -0.39 is 17.5 Å². The predicted octanol–water partition coefficient (Wildman–Crippen LogP) is 0.609. The molecule has 142 valence electrons. The number of rotatable bonds is 8. The number of carbonyl (C=O) groups excluding carboxylic acids is 3. The highest BCUT2D eigenvalue weighted by Crippen LogP contribution is 2.29. The minimum atomic E-state index is -0.865. The summed E-state index contributed by atoms with van der Waals surface area (Å²) in [6.07, 6.45) is 1.14. The highest BCUT2D eigenvalue weighted by Gasteiger charge is 2.52. The van der Waals surface area contributed by atoms with Gasteiger partial charge in [-0.05, 0) is 25.7 Å². The zero-order valence-corrected chi connectivity index (χ0v) is 15.4. The maximum atomic E-state index is 12.7. The SMILES string of the molecule is CCOCCOC(=O)CN1C(=O)NC2(CCN(CC(C)C)CC2)C1=O. The van der Waals surface area contributed by atoms with Crippen molar-refractivity contribution in [2.75, 3.05) is 46.0 Å². The van der Waals surface area contributed by atoms with Crippen molar-refractivity contribution in [2.24, 2.45) is 5.92 Å². The molecule has 8 nitrogen and oxygen atoms in total. The van der Waals surface area contributed by atoms with E-state index in [1.807, 2.05) is 6.92 Å². The van der Waals surface area contributed by atoms with E-state index in [4.69, 9.17) is 9.47 Å². The van der Waals surface area contributed by atoms with E-state index in [1.165, 1.54) is 0 Å². The molecule has 2 saturated heterocycles. The lowest BCUT2D eigenvalue weighted by atomic mass is 9.87. The van der Waals surface area contributed by atoms with Crippen molar-refractivity contribution in [1.29, 1.82) is 0 Å². The van der Waals surface area contributed by atoms with Gasteiger partial charge in [0.05, 0.1) is 6.61 Å². The van der Waals surface area contributed by atoms with Crippen LogP contribution in [0.2, 0.25) is 0 Å². The van der Waals surface area contributed by atoms with E-state index >= 15 is 0 Å². The molecule has 2 aliphatic rings. The third kappa shape index (κ3) is 4.92. The Morgan fingerprint density at radius 3 is 2.52 bits per heavy atom. The fraction of sp³-hybridized carbons (Fsp3) is 0.824. The number of ether oxygens (including phenoxy) is 2. The van der Waals surface area contributed by atoms with Crippen molar-refractivity contribution >= 4 is 17.9 Å². The van der Waals surface area contributed by atoms with Gasteiger partial charge in [-0.15, -0.1) is 0 Å². The molecule has 0 aromatic rings. The summed E-state index contributed by atoms with van der Waals surface area (Å²) in [6.45, 7) is 9.28. The zero-order valence-electron chi connectivity index (χ0n) is 15.4. The Morgan fingerprint density at radius 2 is 1.92 bits per heavy atom. The van der Waals surface area contributed by atoms with Gasteiger partial charge in [0.1, 0.15) is 18.7 Å². The lowest BCUT2D eigenvalue weighted by Gasteiger charge is -2.37. The van der Waals surface area contributed by atoms with Gasteiger partial charge in [-0.2, -0.15) is 0 Å². The van der Waals surface area contributed by atoms with Gasteiger partial charge in [0.2, 0.25) is 0 Å². The van der Waals surface area contributed by atoms with Gasteiger partial charge in [0.15, 0.2) is 0 Å². The van der Waals surface area contributed by atoms with Crippen LogP contribution in [0, 0.1) is 5.92 Å². The highest BCUT2D eigenvalue weighted by atomic mass is 16.6. The lowest BCUT2D eigenvalue weighted by molar-refractivity contribution is -0.149. The molecule has 0 unspecified atom stereocenters. The maximum Gasteiger partial charge on any atom is 0.326 e. The van der Waals surface area contributed by atoms with Crippen LogP contribution >= 0.6 is 0 Å². The van der Waals surface area contributed by atoms with E-state index in [2.05, 4.69) is 24.1 Å². The number of nitrogens with one attached hydrogen (secondary N) is 1. The van der Waals surface area contributed by atoms with Gasteiger partial charge < -0.3 is 19.7 Å². The smallest absolute Gasteiger partial charge is 0.326 e. The van der Waals surface area contributed by atoms with Gasteiger partial charge >= 0.3 is 12.0 Å². The Balaban J connectivity index is 1.86. The van der Waals surface area contributed by atoms with Gasteiger partial charge in [-0.1, -0.05) is 13.8 Å². The molecule has 3 amide bonds. The van der Waals surface area contributed by atoms with Crippen LogP contribution in [0.1, 0.15) is 33.6 Å². The largest absolute Gasteiger partial charge is 0.462 e. The lowest BCUT2D eigenvalue weighted by Crippen LogP contribution is -2.55. The summed E-state index contributed by atoms with van der Waals surface area (Å²) in [6, 6.07) is -0.510. The normalized spacial score (nSPS) is 20.4. The zero-order chi connectivity index (χ0) is 18.4. The van der Waals surface area contributed by atoms with Crippen molar-refractivity contribution < 1.29 is 23.9 Å². The van der Waals surface area contributed by atoms with Crippen molar-refractivity contribution in [3.8, 4) is 0 Å². The first-order valence-electron chi connectivity index (χ1n) is 8.98. The first kappa shape index (κ1) is 19.7. The quantitative estimate of drug-likeness (QED) is 0.390. The van der Waals surface area contributed by atoms with Crippen molar-refractivity contribution in [3.63, 3.8) is 0 Å². The van der Waals surface area contributed by atoms with Crippen LogP contribution in [-0.2, 0) is 19.1 Å². The highest BCUT2D eigenvalue weighted by molar-refractivity contribution is 6.08. The monoisotopic (exact) mass is 355 g/mol. The van der Waals surface area contributed by atoms with E-state index in [0.29, 0.717) is 32.0 Å². The van der Waals surface area contributed by atoms with Crippen LogP contribution in [0.4, 0.5) is 4.79 Å². The second-order valence-electron chi connectivity index (χ2n) is 7.02. The number of carbonyl (C=O) groups is 3. The number of nitrogens with zero attached hydrogens (tertiary/aromatic N) is 2. The number of imide groups is 1. The summed E-state index contributed by atoms with van der Waals surface area (Å²) in [5.74, 6) is -0.355. The molecule has 0 bridgehead atoms. The molecule has 0 aromatic carbocycles. The van der Waals surface area contributed by atoms with Crippen LogP contribution in [0.15, 0.2) is 0 Å². The van der Waals surface area contributed by atoms with E-state index in [9.17, 15) is 14.4 Å². The second-order valence-corrected chi connectivity index (χ2v) is 7.02. The molecule has 1 spiro atoms. The molecule has 2 aliphatic heterocycles. The number of esters is 1. The summed E-state index contributed by atoms with van der Waals surface area (Å²) in [5.41, 5.74) is -0.865. The molecular formula is C17H29N3O5. The molecule has 8 heteroatoms. The molecule has 2 heterocycles. The standard InChI is InChI=1S/C17H29N3O5/c1-4-24-9-10-25-14(21)12-20-15(22)17(18-16(20)23)5-7-19(8-6-17)11-13(2)3/h13H,4-12H2,1-3H3,(H,18,23). The van der Waals surface area contributed by atoms with Crippen LogP contribution in [0.25, 0.3) is 0 Å². The molecule has 2 fully saturated rings. The van der Waals surface area contributed by atoms with Crippen LogP contribution in [-0.4, -0.2) is 79.2 Å². The first-order chi connectivity index (χ1) is 11.9. The Kier molecular flexibility index (Phi) is 6.78. The van der Waals surface area contributed by atoms with Gasteiger partial charge in [-0.25, -0.2) is 4.79 Å². The minimum Gasteiger partial charge on any atom is -0.462 e. The first-order valence-corrected chi connectivity index (χ1v) is 8.98. The molecule has 0 aromatic heterocycles. The molecule has 0 aliphatic carbocycles. The molecule has 2 rings (SSSR count). The molecular weight excluding hydrogens is 326 g/mol. The second kappa shape index (κ2) is 8.62. The van der Waals surface area contributed by atoms with Crippen LogP contribution in [0.3, 0.4) is 0 Å². The van der Waals surface area contributed by atoms with Crippen molar-refractivity contribution in [3.05, 3.63) is 0 Å². The third-order valence-electron chi connectivity index (χ3n) is 4.56. The number of piperidine rings is 1. The molecule has 0 atom stereocenters. The number of urea groups is 1. The predicted molar refractivity (Wildman–Crippen MR) is 90.9 cm³/mol. The summed E-state index contributed by atoms with van der Waals surface area (Å²) in [5, 5.41) is 2.80. The Bertz CT molecular complexity index is 501. The van der Waals surface area contributed by atoms with Gasteiger partial charge in [0, 0.05) is 26.2 Å². The fourth-order valence-corrected chi connectivity index (χ4v) is 3.33. The maximum absolute atomic E-state index is 12.7. The van der Waals surface area contributed by atoms with E-state index in [-0.39, 0.29) is 19.1 Å². The Labute approximate surface area is 148 Å². The molecule has 1 N–H and O–H groups in total. The van der Waals surface area contributed by atoms with Crippen LogP contribution < -0.4 is 5.32 Å². The summed E-state index contributed by atoms with van der Waals surface area (Å²) < 4.78 is 10.1. The Morgan fingerprint density at radius 1 is 1.24 bits per heavy atom.